The Bertz CT molecular complexity index is 476. The van der Waals surface area contributed by atoms with E-state index in [1.165, 1.54) is 19.3 Å². The van der Waals surface area contributed by atoms with E-state index in [0.717, 1.165) is 24.4 Å². The Balaban J connectivity index is 0.00000220. The van der Waals surface area contributed by atoms with E-state index in [1.807, 2.05) is 6.92 Å². The van der Waals surface area contributed by atoms with Crippen LogP contribution in [0.2, 0.25) is 0 Å². The van der Waals surface area contributed by atoms with Gasteiger partial charge in [-0.15, -0.1) is 12.4 Å². The summed E-state index contributed by atoms with van der Waals surface area (Å²) in [4.78, 5) is 13.9. The highest BCUT2D eigenvalue weighted by molar-refractivity contribution is 5.91. The third kappa shape index (κ3) is 4.48. The van der Waals surface area contributed by atoms with E-state index in [9.17, 15) is 9.90 Å². The molecule has 21 heavy (non-hydrogen) atoms. The molecule has 1 N–H and O–H groups in total. The molecule has 4 nitrogen and oxygen atoms in total. The molecule has 1 aliphatic heterocycles. The van der Waals surface area contributed by atoms with Crippen LogP contribution in [-0.2, 0) is 13.0 Å². The van der Waals surface area contributed by atoms with Crippen molar-refractivity contribution in [2.75, 3.05) is 13.1 Å². The molecule has 0 bridgehead atoms. The highest BCUT2D eigenvalue weighted by atomic mass is 35.5. The van der Waals surface area contributed by atoms with Crippen LogP contribution in [0.15, 0.2) is 4.42 Å². The van der Waals surface area contributed by atoms with E-state index in [-0.39, 0.29) is 12.4 Å². The van der Waals surface area contributed by atoms with Crippen LogP contribution in [0.1, 0.15) is 60.6 Å². The molecular formula is C16H26ClNO3. The van der Waals surface area contributed by atoms with Crippen molar-refractivity contribution in [2.45, 2.75) is 53.0 Å². The summed E-state index contributed by atoms with van der Waals surface area (Å²) in [7, 11) is 0. The molecule has 0 spiro atoms. The fourth-order valence-electron chi connectivity index (χ4n) is 2.94. The number of carboxylic acids is 1. The second-order valence-corrected chi connectivity index (χ2v) is 6.17. The number of halogens is 1. The Morgan fingerprint density at radius 3 is 2.43 bits per heavy atom. The van der Waals surface area contributed by atoms with Crippen LogP contribution in [0, 0.1) is 12.8 Å². The number of hydrogen-bond acceptors (Lipinski definition) is 3. The highest BCUT2D eigenvalue weighted by Gasteiger charge is 2.25. The molecule has 0 atom stereocenters. The Morgan fingerprint density at radius 1 is 1.29 bits per heavy atom. The summed E-state index contributed by atoms with van der Waals surface area (Å²) in [6.45, 7) is 8.86. The summed E-state index contributed by atoms with van der Waals surface area (Å²) in [6.07, 6.45) is 4.38. The third-order valence-electron chi connectivity index (χ3n) is 3.92. The lowest BCUT2D eigenvalue weighted by atomic mass is 10.0. The van der Waals surface area contributed by atoms with Crippen molar-refractivity contribution in [1.82, 2.24) is 4.90 Å². The molecule has 5 heteroatoms. The lowest BCUT2D eigenvalue weighted by Crippen LogP contribution is -2.29. The molecule has 0 aliphatic carbocycles. The molecule has 0 unspecified atom stereocenters. The van der Waals surface area contributed by atoms with Crippen LogP contribution in [0.25, 0.3) is 0 Å². The second-order valence-electron chi connectivity index (χ2n) is 6.17. The highest BCUT2D eigenvalue weighted by Crippen LogP contribution is 2.27. The van der Waals surface area contributed by atoms with Gasteiger partial charge in [-0.05, 0) is 38.8 Å². The van der Waals surface area contributed by atoms with Crippen LogP contribution >= 0.6 is 12.4 Å². The third-order valence-corrected chi connectivity index (χ3v) is 3.92. The van der Waals surface area contributed by atoms with Gasteiger partial charge in [0.2, 0.25) is 0 Å². The Labute approximate surface area is 132 Å². The van der Waals surface area contributed by atoms with Crippen molar-refractivity contribution in [3.8, 4) is 0 Å². The van der Waals surface area contributed by atoms with Crippen LogP contribution in [0.5, 0.6) is 0 Å². The van der Waals surface area contributed by atoms with Gasteiger partial charge in [-0.25, -0.2) is 4.79 Å². The number of piperidine rings is 1. The number of nitrogens with zero attached hydrogens (tertiary/aromatic N) is 1. The first-order chi connectivity index (χ1) is 9.49. The number of aromatic carboxylic acids is 1. The number of furan rings is 1. The maximum Gasteiger partial charge on any atom is 0.339 e. The molecule has 1 aromatic heterocycles. The normalized spacial score (nSPS) is 16.0. The Morgan fingerprint density at radius 2 is 1.90 bits per heavy atom. The van der Waals surface area contributed by atoms with Crippen LogP contribution in [0.3, 0.4) is 0 Å². The first kappa shape index (κ1) is 18.1. The van der Waals surface area contributed by atoms with Gasteiger partial charge in [0.25, 0.3) is 0 Å². The van der Waals surface area contributed by atoms with Crippen molar-refractivity contribution in [3.05, 3.63) is 22.6 Å². The zero-order valence-electron chi connectivity index (χ0n) is 13.1. The van der Waals surface area contributed by atoms with Gasteiger partial charge in [-0.3, -0.25) is 4.90 Å². The van der Waals surface area contributed by atoms with E-state index in [1.54, 1.807) is 0 Å². The van der Waals surface area contributed by atoms with Crippen molar-refractivity contribution >= 4 is 18.4 Å². The van der Waals surface area contributed by atoms with Gasteiger partial charge in [0.1, 0.15) is 17.1 Å². The zero-order valence-corrected chi connectivity index (χ0v) is 14.0. The molecule has 0 radical (unpaired) electrons. The van der Waals surface area contributed by atoms with E-state index in [0.29, 0.717) is 30.2 Å². The van der Waals surface area contributed by atoms with Crippen LogP contribution in [-0.4, -0.2) is 29.1 Å². The summed E-state index contributed by atoms with van der Waals surface area (Å²) >= 11 is 0. The molecule has 1 saturated heterocycles. The summed E-state index contributed by atoms with van der Waals surface area (Å²) in [5, 5.41) is 9.52. The largest absolute Gasteiger partial charge is 0.478 e. The van der Waals surface area contributed by atoms with Gasteiger partial charge in [0, 0.05) is 18.5 Å². The summed E-state index contributed by atoms with van der Waals surface area (Å²) in [5.41, 5.74) is 1.27. The number of hydrogen-bond donors (Lipinski definition) is 1. The van der Waals surface area contributed by atoms with Crippen molar-refractivity contribution in [1.29, 1.82) is 0 Å². The van der Waals surface area contributed by atoms with Gasteiger partial charge < -0.3 is 9.52 Å². The van der Waals surface area contributed by atoms with Gasteiger partial charge in [0.05, 0.1) is 0 Å². The van der Waals surface area contributed by atoms with Crippen molar-refractivity contribution in [3.63, 3.8) is 0 Å². The smallest absolute Gasteiger partial charge is 0.339 e. The van der Waals surface area contributed by atoms with Gasteiger partial charge in [-0.1, -0.05) is 20.3 Å². The number of rotatable bonds is 5. The second kappa shape index (κ2) is 7.85. The molecule has 0 aromatic carbocycles. The fraction of sp³-hybridized carbons (Fsp3) is 0.688. The van der Waals surface area contributed by atoms with Gasteiger partial charge in [0.15, 0.2) is 0 Å². The Hall–Kier alpha value is -1.00. The number of likely N-dealkylation sites (tertiary alicyclic amines) is 1. The first-order valence-electron chi connectivity index (χ1n) is 7.55. The molecular weight excluding hydrogens is 290 g/mol. The van der Waals surface area contributed by atoms with E-state index < -0.39 is 5.97 Å². The maximum atomic E-state index is 11.6. The topological polar surface area (TPSA) is 53.7 Å². The number of carboxylic acid groups (broad SMARTS) is 1. The molecule has 1 aromatic rings. The first-order valence-corrected chi connectivity index (χ1v) is 7.55. The predicted molar refractivity (Wildman–Crippen MR) is 85.3 cm³/mol. The average Bonchev–Trinajstić information content (AvgIpc) is 2.66. The van der Waals surface area contributed by atoms with E-state index in [2.05, 4.69) is 18.7 Å². The molecule has 2 rings (SSSR count). The van der Waals surface area contributed by atoms with E-state index >= 15 is 0 Å². The Kier molecular flexibility index (Phi) is 6.75. The predicted octanol–water partition coefficient (Wildman–Crippen LogP) is 3.89. The molecule has 1 aliphatic rings. The van der Waals surface area contributed by atoms with Crippen molar-refractivity contribution in [2.24, 2.45) is 5.92 Å². The lowest BCUT2D eigenvalue weighted by Gasteiger charge is -2.26. The standard InChI is InChI=1S/C16H25NO3.ClH/c1-11(2)9-14-15(16(18)19)13(12(3)20-14)10-17-7-5-4-6-8-17;/h11H,4-10H2,1-3H3,(H,18,19);1H. The quantitative estimate of drug-likeness (QED) is 0.895. The SMILES string of the molecule is Cc1oc(CC(C)C)c(C(=O)O)c1CN1CCCCC1.Cl. The number of aryl methyl sites for hydroxylation is 1. The van der Waals surface area contributed by atoms with Crippen LogP contribution in [0.4, 0.5) is 0 Å². The maximum absolute atomic E-state index is 11.6. The monoisotopic (exact) mass is 315 g/mol. The fourth-order valence-corrected chi connectivity index (χ4v) is 2.94. The van der Waals surface area contributed by atoms with Gasteiger partial charge in [-0.2, -0.15) is 0 Å². The van der Waals surface area contributed by atoms with Gasteiger partial charge >= 0.3 is 5.97 Å². The van der Waals surface area contributed by atoms with Crippen LogP contribution < -0.4 is 0 Å². The summed E-state index contributed by atoms with van der Waals surface area (Å²) < 4.78 is 5.75. The summed E-state index contributed by atoms with van der Waals surface area (Å²) in [5.74, 6) is 0.937. The minimum absolute atomic E-state index is 0. The molecule has 2 heterocycles. The molecule has 1 fully saturated rings. The minimum Gasteiger partial charge on any atom is -0.478 e. The lowest BCUT2D eigenvalue weighted by molar-refractivity contribution is 0.0691. The summed E-state index contributed by atoms with van der Waals surface area (Å²) in [6, 6.07) is 0. The van der Waals surface area contributed by atoms with Crippen molar-refractivity contribution < 1.29 is 14.3 Å². The zero-order chi connectivity index (χ0) is 14.7. The molecule has 0 saturated carbocycles. The molecule has 0 amide bonds. The van der Waals surface area contributed by atoms with E-state index in [4.69, 9.17) is 4.42 Å². The minimum atomic E-state index is -0.857. The number of carbonyl (C=O) groups is 1. The average molecular weight is 316 g/mol. The molecule has 120 valence electrons.